The molecule has 0 radical (unpaired) electrons. The first-order valence-electron chi connectivity index (χ1n) is 14.9. The van der Waals surface area contributed by atoms with E-state index in [1.54, 1.807) is 26.0 Å². The smallest absolute Gasteiger partial charge is 0.394 e. The zero-order chi connectivity index (χ0) is 31.9. The van der Waals surface area contributed by atoms with Crippen molar-refractivity contribution >= 4 is 0 Å². The van der Waals surface area contributed by atoms with Crippen LogP contribution in [-0.2, 0) is 0 Å². The first-order valence-corrected chi connectivity index (χ1v) is 14.9. The first-order chi connectivity index (χ1) is 18.7. The molecule has 1 N–H and O–H groups in total. The van der Waals surface area contributed by atoms with E-state index in [0.29, 0.717) is 24.3 Å². The Kier molecular flexibility index (Phi) is 17.0. The van der Waals surface area contributed by atoms with Crippen molar-refractivity contribution in [2.75, 3.05) is 13.1 Å². The van der Waals surface area contributed by atoms with E-state index < -0.39 is 11.7 Å². The van der Waals surface area contributed by atoms with Gasteiger partial charge in [-0.25, -0.2) is 0 Å². The van der Waals surface area contributed by atoms with E-state index in [-0.39, 0.29) is 11.7 Å². The molecule has 3 rings (SSSR count). The van der Waals surface area contributed by atoms with Gasteiger partial charge < -0.3 is 9.84 Å². The summed E-state index contributed by atoms with van der Waals surface area (Å²) >= 11 is 0. The number of nitrogens with zero attached hydrogens (tertiary/aromatic N) is 1. The number of hydrogen-bond donors (Lipinski definition) is 1. The second-order valence-electron chi connectivity index (χ2n) is 13.1. The zero-order valence-corrected chi connectivity index (χ0v) is 27.7. The van der Waals surface area contributed by atoms with Crippen LogP contribution in [0.4, 0.5) is 8.78 Å². The summed E-state index contributed by atoms with van der Waals surface area (Å²) in [6, 6.07) is 6.30. The second-order valence-corrected chi connectivity index (χ2v) is 13.1. The summed E-state index contributed by atoms with van der Waals surface area (Å²) in [7, 11) is 0. The predicted molar refractivity (Wildman–Crippen MR) is 170 cm³/mol. The molecular formula is C36H55F2NO2. The van der Waals surface area contributed by atoms with Crippen molar-refractivity contribution in [2.45, 2.75) is 120 Å². The van der Waals surface area contributed by atoms with E-state index >= 15 is 0 Å². The minimum Gasteiger partial charge on any atom is -0.433 e. The Bertz CT molecular complexity index is 1040. The molecule has 2 fully saturated rings. The number of alkyl halides is 2. The molecule has 41 heavy (non-hydrogen) atoms. The first kappa shape index (κ1) is 38.5. The summed E-state index contributed by atoms with van der Waals surface area (Å²) in [5.41, 5.74) is 0.392. The summed E-state index contributed by atoms with van der Waals surface area (Å²) in [5, 5.41) is 9.09. The normalized spacial score (nSPS) is 14.6. The lowest BCUT2D eigenvalue weighted by Crippen LogP contribution is -2.49. The highest BCUT2D eigenvalue weighted by atomic mass is 19.3. The third kappa shape index (κ3) is 25.0. The highest BCUT2D eigenvalue weighted by Gasteiger charge is 2.25. The molecule has 1 saturated carbocycles. The van der Waals surface area contributed by atoms with Crippen LogP contribution < -0.4 is 4.74 Å². The predicted octanol–water partition coefficient (Wildman–Crippen LogP) is 8.65. The van der Waals surface area contributed by atoms with Crippen LogP contribution in [0.2, 0.25) is 0 Å². The number of hydrogen-bond acceptors (Lipinski definition) is 3. The summed E-state index contributed by atoms with van der Waals surface area (Å²) in [6.45, 7) is 25.7. The maximum absolute atomic E-state index is 12.5. The van der Waals surface area contributed by atoms with Crippen LogP contribution in [0.25, 0.3) is 0 Å². The van der Waals surface area contributed by atoms with Crippen LogP contribution in [0.15, 0.2) is 24.3 Å². The van der Waals surface area contributed by atoms with Gasteiger partial charge in [-0.05, 0) is 91.2 Å². The van der Waals surface area contributed by atoms with E-state index in [0.717, 1.165) is 11.5 Å². The third-order valence-electron chi connectivity index (χ3n) is 5.28. The average Bonchev–Trinajstić information content (AvgIpc) is 3.58. The van der Waals surface area contributed by atoms with Gasteiger partial charge in [0.2, 0.25) is 0 Å². The molecule has 1 aromatic rings. The Hall–Kier alpha value is -2.52. The average molecular weight is 572 g/mol. The molecule has 0 unspecified atom stereocenters. The Balaban J connectivity index is 0.000000550. The van der Waals surface area contributed by atoms with E-state index in [2.05, 4.69) is 79.8 Å². The minimum atomic E-state index is -3.15. The molecule has 230 valence electrons. The standard InChI is InChI=1S/C13H14F2O.C8H14O.C8H12.C7H15N/c1-10(2)4-5-11-6-8-12(9-7-11)16-13(3,14)15;1-7(2)5-6-8(3,4)9;1-7(2)3-4-8-5-6-8;1-7(2,3)8-5-4-6-8/h6-10H,1-3H3;7,9H,1-4H3;7-8H,5-6H2,1-2H3;4-6H2,1-3H3. The Morgan fingerprint density at radius 3 is 1.56 bits per heavy atom. The molecule has 3 nitrogen and oxygen atoms in total. The van der Waals surface area contributed by atoms with Gasteiger partial charge in [-0.3, -0.25) is 4.90 Å². The third-order valence-corrected chi connectivity index (χ3v) is 5.28. The molecule has 1 aromatic carbocycles. The minimum absolute atomic E-state index is 0.141. The molecule has 1 heterocycles. The van der Waals surface area contributed by atoms with Gasteiger partial charge in [0.25, 0.3) is 0 Å². The molecule has 0 bridgehead atoms. The van der Waals surface area contributed by atoms with E-state index in [4.69, 9.17) is 5.11 Å². The van der Waals surface area contributed by atoms with Crippen molar-refractivity contribution in [3.8, 4) is 41.3 Å². The number of aliphatic hydroxyl groups is 1. The Morgan fingerprint density at radius 2 is 1.29 bits per heavy atom. The summed E-state index contributed by atoms with van der Waals surface area (Å²) in [5.74, 6) is 20.0. The van der Waals surface area contributed by atoms with E-state index in [9.17, 15) is 8.78 Å². The van der Waals surface area contributed by atoms with Crippen molar-refractivity contribution in [2.24, 2.45) is 23.7 Å². The summed E-state index contributed by atoms with van der Waals surface area (Å²) in [6.07, 6.45) is 0.946. The highest BCUT2D eigenvalue weighted by Crippen LogP contribution is 2.27. The second kappa shape index (κ2) is 18.1. The van der Waals surface area contributed by atoms with Gasteiger partial charge in [0.15, 0.2) is 0 Å². The van der Waals surface area contributed by atoms with Crippen molar-refractivity contribution in [1.82, 2.24) is 4.90 Å². The number of ether oxygens (including phenoxy) is 1. The molecule has 0 spiro atoms. The molecule has 5 heteroatoms. The largest absolute Gasteiger partial charge is 0.433 e. The van der Waals surface area contributed by atoms with Gasteiger partial charge in [0, 0.05) is 41.7 Å². The van der Waals surface area contributed by atoms with Gasteiger partial charge in [-0.15, -0.1) is 5.92 Å². The maximum Gasteiger partial charge on any atom is 0.394 e. The lowest BCUT2D eigenvalue weighted by atomic mass is 10.0. The number of rotatable bonds is 2. The van der Waals surface area contributed by atoms with Gasteiger partial charge >= 0.3 is 6.11 Å². The lowest BCUT2D eigenvalue weighted by molar-refractivity contribution is -0.158. The zero-order valence-electron chi connectivity index (χ0n) is 27.7. The van der Waals surface area contributed by atoms with Crippen molar-refractivity contribution in [1.29, 1.82) is 0 Å². The highest BCUT2D eigenvalue weighted by molar-refractivity contribution is 5.38. The van der Waals surface area contributed by atoms with Gasteiger partial charge in [0.1, 0.15) is 11.4 Å². The van der Waals surface area contributed by atoms with Gasteiger partial charge in [0.05, 0.1) is 0 Å². The van der Waals surface area contributed by atoms with Crippen molar-refractivity contribution in [3.05, 3.63) is 29.8 Å². The summed E-state index contributed by atoms with van der Waals surface area (Å²) in [4.78, 5) is 2.49. The summed E-state index contributed by atoms with van der Waals surface area (Å²) < 4.78 is 29.4. The van der Waals surface area contributed by atoms with Crippen molar-refractivity contribution in [3.63, 3.8) is 0 Å². The van der Waals surface area contributed by atoms with Crippen LogP contribution >= 0.6 is 0 Å². The van der Waals surface area contributed by atoms with Crippen LogP contribution in [-0.4, -0.2) is 40.3 Å². The fraction of sp³-hybridized carbons (Fsp3) is 0.667. The fourth-order valence-corrected chi connectivity index (χ4v) is 2.86. The molecule has 1 aliphatic carbocycles. The molecule has 1 saturated heterocycles. The number of benzene rings is 1. The Labute approximate surface area is 250 Å². The van der Waals surface area contributed by atoms with Gasteiger partial charge in [-0.2, -0.15) is 8.78 Å². The van der Waals surface area contributed by atoms with Crippen LogP contribution in [0.1, 0.15) is 108 Å². The quantitative estimate of drug-likeness (QED) is 0.361. The van der Waals surface area contributed by atoms with Crippen molar-refractivity contribution < 1.29 is 18.6 Å². The van der Waals surface area contributed by atoms with E-state index in [1.165, 1.54) is 44.5 Å². The SMILES string of the molecule is CC(C)(C)N1CCC1.CC(C)C#CC(C)(C)O.CC(C)C#CC1CC1.CC(C)C#Cc1ccc(OC(C)(F)F)cc1. The van der Waals surface area contributed by atoms with Gasteiger partial charge in [-0.1, -0.05) is 71.1 Å². The van der Waals surface area contributed by atoms with Crippen LogP contribution in [0, 0.1) is 59.2 Å². The van der Waals surface area contributed by atoms with E-state index in [1.807, 2.05) is 27.7 Å². The molecular weight excluding hydrogens is 516 g/mol. The number of halogens is 2. The molecule has 2 aliphatic rings. The maximum atomic E-state index is 12.5. The molecule has 0 aromatic heterocycles. The fourth-order valence-electron chi connectivity index (χ4n) is 2.86. The molecule has 1 aliphatic heterocycles. The molecule has 0 atom stereocenters. The lowest BCUT2D eigenvalue weighted by Gasteiger charge is -2.42. The molecule has 0 amide bonds. The topological polar surface area (TPSA) is 32.7 Å². The monoisotopic (exact) mass is 571 g/mol. The van der Waals surface area contributed by atoms with Crippen LogP contribution in [0.5, 0.6) is 5.75 Å². The number of likely N-dealkylation sites (tertiary alicyclic amines) is 1. The van der Waals surface area contributed by atoms with Crippen LogP contribution in [0.3, 0.4) is 0 Å². The Morgan fingerprint density at radius 1 is 0.805 bits per heavy atom.